The van der Waals surface area contributed by atoms with Crippen molar-refractivity contribution < 1.29 is 5.11 Å². The van der Waals surface area contributed by atoms with E-state index in [-0.39, 0.29) is 0 Å². The highest BCUT2D eigenvalue weighted by atomic mass is 79.9. The molecule has 0 fully saturated rings. The summed E-state index contributed by atoms with van der Waals surface area (Å²) >= 11 is 3.29. The Morgan fingerprint density at radius 1 is 1.07 bits per heavy atom. The first-order valence-corrected chi connectivity index (χ1v) is 5.67. The molecule has 14 heavy (non-hydrogen) atoms. The molecular formula is C12H11BrO. The molecule has 0 amide bonds. The second kappa shape index (κ2) is 4.11. The minimum atomic E-state index is -0.430. The molecule has 0 saturated heterocycles. The predicted octanol–water partition coefficient (Wildman–Crippen LogP) is 3.27. The molecule has 0 aliphatic rings. The van der Waals surface area contributed by atoms with Crippen molar-refractivity contribution >= 4 is 26.7 Å². The minimum absolute atomic E-state index is 0.430. The van der Waals surface area contributed by atoms with Gasteiger partial charge in [-0.25, -0.2) is 0 Å². The molecule has 0 aromatic heterocycles. The van der Waals surface area contributed by atoms with Gasteiger partial charge in [-0.15, -0.1) is 0 Å². The van der Waals surface area contributed by atoms with Crippen LogP contribution in [0.1, 0.15) is 11.7 Å². The Bertz CT molecular complexity index is 434. The van der Waals surface area contributed by atoms with Gasteiger partial charge in [-0.2, -0.15) is 0 Å². The molecular weight excluding hydrogens is 240 g/mol. The summed E-state index contributed by atoms with van der Waals surface area (Å²) in [5, 5.41) is 12.6. The smallest absolute Gasteiger partial charge is 0.0892 e. The molecule has 72 valence electrons. The van der Waals surface area contributed by atoms with Crippen LogP contribution >= 0.6 is 15.9 Å². The molecule has 2 heteroatoms. The van der Waals surface area contributed by atoms with E-state index in [1.807, 2.05) is 30.3 Å². The first kappa shape index (κ1) is 9.69. The summed E-state index contributed by atoms with van der Waals surface area (Å²) in [7, 11) is 0. The maximum atomic E-state index is 9.78. The number of alkyl halides is 1. The number of hydrogen-bond acceptors (Lipinski definition) is 1. The number of fused-ring (bicyclic) bond motifs is 1. The maximum absolute atomic E-state index is 9.78. The summed E-state index contributed by atoms with van der Waals surface area (Å²) in [6, 6.07) is 14.1. The van der Waals surface area contributed by atoms with Crippen LogP contribution in [0.25, 0.3) is 10.8 Å². The summed E-state index contributed by atoms with van der Waals surface area (Å²) in [6.07, 6.45) is -0.430. The molecule has 1 N–H and O–H groups in total. The molecule has 0 aliphatic carbocycles. The van der Waals surface area contributed by atoms with Gasteiger partial charge in [0.05, 0.1) is 6.10 Å². The lowest BCUT2D eigenvalue weighted by molar-refractivity contribution is 0.207. The monoisotopic (exact) mass is 250 g/mol. The van der Waals surface area contributed by atoms with Crippen molar-refractivity contribution in [2.75, 3.05) is 5.33 Å². The molecule has 1 atom stereocenters. The highest BCUT2D eigenvalue weighted by Crippen LogP contribution is 2.24. The molecule has 0 unspecified atom stereocenters. The standard InChI is InChI=1S/C12H11BrO/c13-8-12(14)11-7-3-5-9-4-1-2-6-10(9)11/h1-7,12,14H,8H2/t12-/m0/s1. The Labute approximate surface area is 91.5 Å². The first-order chi connectivity index (χ1) is 6.83. The summed E-state index contributed by atoms with van der Waals surface area (Å²) in [4.78, 5) is 0. The van der Waals surface area contributed by atoms with Gasteiger partial charge >= 0.3 is 0 Å². The summed E-state index contributed by atoms with van der Waals surface area (Å²) in [5.41, 5.74) is 0.986. The van der Waals surface area contributed by atoms with E-state index in [9.17, 15) is 5.11 Å². The van der Waals surface area contributed by atoms with Crippen molar-refractivity contribution in [2.45, 2.75) is 6.10 Å². The summed E-state index contributed by atoms with van der Waals surface area (Å²) in [5.74, 6) is 0. The van der Waals surface area contributed by atoms with Crippen molar-refractivity contribution in [3.63, 3.8) is 0 Å². The van der Waals surface area contributed by atoms with Crippen molar-refractivity contribution in [2.24, 2.45) is 0 Å². The molecule has 2 aromatic carbocycles. The second-order valence-corrected chi connectivity index (χ2v) is 3.89. The fourth-order valence-corrected chi connectivity index (χ4v) is 1.97. The Morgan fingerprint density at radius 3 is 2.57 bits per heavy atom. The molecule has 0 spiro atoms. The second-order valence-electron chi connectivity index (χ2n) is 3.24. The SMILES string of the molecule is O[C@@H](CBr)c1cccc2ccccc12. The molecule has 0 radical (unpaired) electrons. The van der Waals surface area contributed by atoms with Gasteiger partial charge in [-0.3, -0.25) is 0 Å². The minimum Gasteiger partial charge on any atom is -0.388 e. The van der Waals surface area contributed by atoms with Crippen LogP contribution in [-0.4, -0.2) is 10.4 Å². The van der Waals surface area contributed by atoms with E-state index in [1.54, 1.807) is 0 Å². The highest BCUT2D eigenvalue weighted by molar-refractivity contribution is 9.09. The lowest BCUT2D eigenvalue weighted by Crippen LogP contribution is -1.98. The number of hydrogen-bond donors (Lipinski definition) is 1. The summed E-state index contributed by atoms with van der Waals surface area (Å²) < 4.78 is 0. The van der Waals surface area contributed by atoms with Crippen LogP contribution < -0.4 is 0 Å². The van der Waals surface area contributed by atoms with E-state index in [4.69, 9.17) is 0 Å². The van der Waals surface area contributed by atoms with Crippen LogP contribution in [0, 0.1) is 0 Å². The average Bonchev–Trinajstić information content (AvgIpc) is 2.27. The Kier molecular flexibility index (Phi) is 2.85. The largest absolute Gasteiger partial charge is 0.388 e. The summed E-state index contributed by atoms with van der Waals surface area (Å²) in [6.45, 7) is 0. The zero-order valence-electron chi connectivity index (χ0n) is 7.65. The number of aliphatic hydroxyl groups is 1. The van der Waals surface area contributed by atoms with E-state index in [0.717, 1.165) is 10.9 Å². The van der Waals surface area contributed by atoms with E-state index < -0.39 is 6.10 Å². The van der Waals surface area contributed by atoms with Gasteiger partial charge < -0.3 is 5.11 Å². The van der Waals surface area contributed by atoms with Crippen LogP contribution in [0.15, 0.2) is 42.5 Å². The van der Waals surface area contributed by atoms with E-state index >= 15 is 0 Å². The Hall–Kier alpha value is -0.860. The number of rotatable bonds is 2. The van der Waals surface area contributed by atoms with Gasteiger partial charge in [0.15, 0.2) is 0 Å². The first-order valence-electron chi connectivity index (χ1n) is 4.54. The van der Waals surface area contributed by atoms with Crippen molar-refractivity contribution in [3.8, 4) is 0 Å². The van der Waals surface area contributed by atoms with Crippen LogP contribution in [0.3, 0.4) is 0 Å². The van der Waals surface area contributed by atoms with Crippen LogP contribution in [-0.2, 0) is 0 Å². The van der Waals surface area contributed by atoms with Crippen LogP contribution in [0.2, 0.25) is 0 Å². The average molecular weight is 251 g/mol. The van der Waals surface area contributed by atoms with Gasteiger partial charge in [-0.05, 0) is 16.3 Å². The zero-order valence-corrected chi connectivity index (χ0v) is 9.24. The van der Waals surface area contributed by atoms with Gasteiger partial charge in [0.25, 0.3) is 0 Å². The number of benzene rings is 2. The number of halogens is 1. The molecule has 2 aromatic rings. The van der Waals surface area contributed by atoms with Crippen molar-refractivity contribution in [1.29, 1.82) is 0 Å². The van der Waals surface area contributed by atoms with Gasteiger partial charge in [0.2, 0.25) is 0 Å². The third kappa shape index (κ3) is 1.68. The van der Waals surface area contributed by atoms with E-state index in [1.165, 1.54) is 5.39 Å². The normalized spacial score (nSPS) is 13.0. The molecule has 0 bridgehead atoms. The fourth-order valence-electron chi connectivity index (χ4n) is 1.62. The predicted molar refractivity (Wildman–Crippen MR) is 62.7 cm³/mol. The lowest BCUT2D eigenvalue weighted by Gasteiger charge is -2.10. The topological polar surface area (TPSA) is 20.2 Å². The Morgan fingerprint density at radius 2 is 1.79 bits per heavy atom. The van der Waals surface area contributed by atoms with Crippen LogP contribution in [0.5, 0.6) is 0 Å². The molecule has 2 rings (SSSR count). The van der Waals surface area contributed by atoms with Crippen molar-refractivity contribution in [3.05, 3.63) is 48.0 Å². The third-order valence-electron chi connectivity index (χ3n) is 2.33. The Balaban J connectivity index is 2.65. The number of aliphatic hydroxyl groups excluding tert-OH is 1. The maximum Gasteiger partial charge on any atom is 0.0892 e. The molecule has 1 nitrogen and oxygen atoms in total. The van der Waals surface area contributed by atoms with Gasteiger partial charge in [0.1, 0.15) is 0 Å². The van der Waals surface area contributed by atoms with E-state index in [2.05, 4.69) is 28.1 Å². The fraction of sp³-hybridized carbons (Fsp3) is 0.167. The quantitative estimate of drug-likeness (QED) is 0.812. The van der Waals surface area contributed by atoms with Crippen LogP contribution in [0.4, 0.5) is 0 Å². The molecule has 0 aliphatic heterocycles. The molecule has 0 heterocycles. The van der Waals surface area contributed by atoms with Gasteiger partial charge in [-0.1, -0.05) is 58.4 Å². The zero-order chi connectivity index (χ0) is 9.97. The van der Waals surface area contributed by atoms with Gasteiger partial charge in [0, 0.05) is 5.33 Å². The third-order valence-corrected chi connectivity index (χ3v) is 2.94. The highest BCUT2D eigenvalue weighted by Gasteiger charge is 2.08. The molecule has 0 saturated carbocycles. The van der Waals surface area contributed by atoms with Crippen molar-refractivity contribution in [1.82, 2.24) is 0 Å². The lowest BCUT2D eigenvalue weighted by atomic mass is 10.0. The van der Waals surface area contributed by atoms with E-state index in [0.29, 0.717) is 5.33 Å².